The highest BCUT2D eigenvalue weighted by Crippen LogP contribution is 2.24. The third-order valence-electron chi connectivity index (χ3n) is 5.76. The number of aryl methyl sites for hydroxylation is 1. The quantitative estimate of drug-likeness (QED) is 0.760. The van der Waals surface area contributed by atoms with Gasteiger partial charge in [-0.25, -0.2) is 0 Å². The maximum Gasteiger partial charge on any atom is 0.0399 e. The van der Waals surface area contributed by atoms with Crippen molar-refractivity contribution in [2.75, 3.05) is 49.1 Å². The molecule has 0 aliphatic carbocycles. The van der Waals surface area contributed by atoms with Crippen LogP contribution in [0.4, 0.5) is 11.4 Å². The monoisotopic (exact) mass is 351 g/mol. The molecule has 1 fully saturated rings. The molecule has 3 rings (SSSR count). The predicted molar refractivity (Wildman–Crippen MR) is 113 cm³/mol. The molecule has 0 unspecified atom stereocenters. The van der Waals surface area contributed by atoms with Crippen LogP contribution in [0.3, 0.4) is 0 Å². The molecule has 2 aromatic rings. The van der Waals surface area contributed by atoms with Crippen LogP contribution in [0.1, 0.15) is 30.5 Å². The van der Waals surface area contributed by atoms with Crippen LogP contribution in [0.5, 0.6) is 0 Å². The van der Waals surface area contributed by atoms with Crippen molar-refractivity contribution in [3.8, 4) is 0 Å². The van der Waals surface area contributed by atoms with Gasteiger partial charge in [-0.05, 0) is 62.6 Å². The minimum Gasteiger partial charge on any atom is -0.372 e. The Balaban J connectivity index is 1.56. The summed E-state index contributed by atoms with van der Waals surface area (Å²) in [6.07, 6.45) is 0. The van der Waals surface area contributed by atoms with E-state index in [1.807, 2.05) is 0 Å². The van der Waals surface area contributed by atoms with Gasteiger partial charge < -0.3 is 9.80 Å². The Morgan fingerprint density at radius 1 is 0.846 bits per heavy atom. The first-order chi connectivity index (χ1) is 12.6. The van der Waals surface area contributed by atoms with Crippen LogP contribution in [0.2, 0.25) is 0 Å². The summed E-state index contributed by atoms with van der Waals surface area (Å²) in [7, 11) is 0. The summed E-state index contributed by atoms with van der Waals surface area (Å²) in [6.45, 7) is 16.6. The van der Waals surface area contributed by atoms with E-state index >= 15 is 0 Å². The molecule has 2 aromatic carbocycles. The highest BCUT2D eigenvalue weighted by molar-refractivity contribution is 5.56. The van der Waals surface area contributed by atoms with Gasteiger partial charge in [0.2, 0.25) is 0 Å². The van der Waals surface area contributed by atoms with Crippen LogP contribution in [0.15, 0.2) is 42.5 Å². The molecule has 0 amide bonds. The maximum absolute atomic E-state index is 2.58. The average Bonchev–Trinajstić information content (AvgIpc) is 2.67. The largest absolute Gasteiger partial charge is 0.372 e. The molecule has 0 radical (unpaired) electrons. The van der Waals surface area contributed by atoms with Crippen LogP contribution >= 0.6 is 0 Å². The first-order valence-corrected chi connectivity index (χ1v) is 9.99. The Kier molecular flexibility index (Phi) is 6.20. The van der Waals surface area contributed by atoms with Crippen LogP contribution in [-0.4, -0.2) is 44.2 Å². The molecule has 1 heterocycles. The van der Waals surface area contributed by atoms with E-state index in [2.05, 4.69) is 84.9 Å². The normalized spacial score (nSPS) is 15.3. The fourth-order valence-electron chi connectivity index (χ4n) is 3.88. The molecule has 0 aromatic heterocycles. The van der Waals surface area contributed by atoms with E-state index in [-0.39, 0.29) is 0 Å². The third kappa shape index (κ3) is 4.21. The third-order valence-corrected chi connectivity index (χ3v) is 5.76. The number of anilines is 2. The second-order valence-corrected chi connectivity index (χ2v) is 7.32. The Hall–Kier alpha value is -2.00. The van der Waals surface area contributed by atoms with Gasteiger partial charge in [-0.15, -0.1) is 0 Å². The van der Waals surface area contributed by atoms with Crippen molar-refractivity contribution in [1.82, 2.24) is 4.90 Å². The van der Waals surface area contributed by atoms with Crippen molar-refractivity contribution in [3.05, 3.63) is 59.2 Å². The summed E-state index contributed by atoms with van der Waals surface area (Å²) < 4.78 is 0. The Morgan fingerprint density at radius 3 is 2.12 bits per heavy atom. The van der Waals surface area contributed by atoms with Crippen molar-refractivity contribution < 1.29 is 0 Å². The first-order valence-electron chi connectivity index (χ1n) is 9.99. The second-order valence-electron chi connectivity index (χ2n) is 7.32. The van der Waals surface area contributed by atoms with Crippen molar-refractivity contribution >= 4 is 11.4 Å². The maximum atomic E-state index is 2.58. The molecule has 0 atom stereocenters. The fourth-order valence-corrected chi connectivity index (χ4v) is 3.88. The van der Waals surface area contributed by atoms with Gasteiger partial charge in [-0.1, -0.05) is 24.3 Å². The molecule has 3 heteroatoms. The van der Waals surface area contributed by atoms with Gasteiger partial charge >= 0.3 is 0 Å². The molecule has 1 aliphatic rings. The topological polar surface area (TPSA) is 9.72 Å². The van der Waals surface area contributed by atoms with E-state index in [0.717, 1.165) is 45.8 Å². The smallest absolute Gasteiger partial charge is 0.0399 e. The zero-order valence-corrected chi connectivity index (χ0v) is 16.8. The van der Waals surface area contributed by atoms with E-state index < -0.39 is 0 Å². The van der Waals surface area contributed by atoms with E-state index in [4.69, 9.17) is 0 Å². The molecule has 26 heavy (non-hydrogen) atoms. The number of piperazine rings is 1. The summed E-state index contributed by atoms with van der Waals surface area (Å²) in [4.78, 5) is 7.52. The van der Waals surface area contributed by atoms with Gasteiger partial charge in [0.15, 0.2) is 0 Å². The lowest BCUT2D eigenvalue weighted by molar-refractivity contribution is 0.250. The lowest BCUT2D eigenvalue weighted by Gasteiger charge is -2.37. The van der Waals surface area contributed by atoms with Crippen LogP contribution in [0.25, 0.3) is 0 Å². The Morgan fingerprint density at radius 2 is 1.50 bits per heavy atom. The van der Waals surface area contributed by atoms with Crippen LogP contribution < -0.4 is 9.80 Å². The molecule has 0 N–H and O–H groups in total. The number of hydrogen-bond acceptors (Lipinski definition) is 3. The summed E-state index contributed by atoms with van der Waals surface area (Å²) in [5, 5.41) is 0. The first kappa shape index (κ1) is 18.8. The second kappa shape index (κ2) is 8.59. The molecular weight excluding hydrogens is 318 g/mol. The number of hydrogen-bond donors (Lipinski definition) is 0. The highest BCUT2D eigenvalue weighted by Gasteiger charge is 2.18. The molecule has 3 nitrogen and oxygen atoms in total. The lowest BCUT2D eigenvalue weighted by atomic mass is 10.1. The minimum absolute atomic E-state index is 1.05. The zero-order valence-electron chi connectivity index (χ0n) is 16.8. The molecule has 0 bridgehead atoms. The number of benzene rings is 2. The molecule has 1 aliphatic heterocycles. The van der Waals surface area contributed by atoms with Gasteiger partial charge in [-0.2, -0.15) is 0 Å². The minimum atomic E-state index is 1.05. The van der Waals surface area contributed by atoms with Crippen LogP contribution in [0, 0.1) is 13.8 Å². The molecule has 140 valence electrons. The summed E-state index contributed by atoms with van der Waals surface area (Å²) in [5.74, 6) is 0. The van der Waals surface area contributed by atoms with E-state index in [1.165, 1.54) is 28.1 Å². The van der Waals surface area contributed by atoms with Crippen molar-refractivity contribution in [3.63, 3.8) is 0 Å². The van der Waals surface area contributed by atoms with Crippen molar-refractivity contribution in [1.29, 1.82) is 0 Å². The van der Waals surface area contributed by atoms with E-state index in [9.17, 15) is 0 Å². The van der Waals surface area contributed by atoms with Crippen molar-refractivity contribution in [2.45, 2.75) is 34.2 Å². The van der Waals surface area contributed by atoms with Gasteiger partial charge in [0, 0.05) is 57.2 Å². The van der Waals surface area contributed by atoms with E-state index in [0.29, 0.717) is 0 Å². The van der Waals surface area contributed by atoms with Crippen LogP contribution in [-0.2, 0) is 6.54 Å². The molecule has 0 saturated carbocycles. The van der Waals surface area contributed by atoms with E-state index in [1.54, 1.807) is 0 Å². The van der Waals surface area contributed by atoms with Gasteiger partial charge in [0.05, 0.1) is 0 Å². The zero-order chi connectivity index (χ0) is 18.5. The van der Waals surface area contributed by atoms with Gasteiger partial charge in [0.25, 0.3) is 0 Å². The SMILES string of the molecule is CCN(CC)c1ccc(CN2CCN(c3cccc(C)c3C)CC2)cc1. The molecule has 0 spiro atoms. The highest BCUT2D eigenvalue weighted by atomic mass is 15.3. The molecule has 1 saturated heterocycles. The average molecular weight is 352 g/mol. The Labute approximate surface area is 159 Å². The van der Waals surface area contributed by atoms with Gasteiger partial charge in [-0.3, -0.25) is 4.90 Å². The summed E-state index contributed by atoms with van der Waals surface area (Å²) >= 11 is 0. The van der Waals surface area contributed by atoms with Gasteiger partial charge in [0.1, 0.15) is 0 Å². The standard InChI is InChI=1S/C23H33N3/c1-5-25(6-2)22-12-10-21(11-13-22)18-24-14-16-26(17-15-24)23-9-7-8-19(3)20(23)4/h7-13H,5-6,14-18H2,1-4H3. The summed E-state index contributed by atoms with van der Waals surface area (Å²) in [5.41, 5.74) is 6.97. The van der Waals surface area contributed by atoms with Crippen molar-refractivity contribution in [2.24, 2.45) is 0 Å². The fraction of sp³-hybridized carbons (Fsp3) is 0.478. The molecular formula is C23H33N3. The predicted octanol–water partition coefficient (Wildman–Crippen LogP) is 4.47. The lowest BCUT2D eigenvalue weighted by Crippen LogP contribution is -2.46. The Bertz CT molecular complexity index is 696. The number of nitrogens with zero attached hydrogens (tertiary/aromatic N) is 3. The summed E-state index contributed by atoms with van der Waals surface area (Å²) in [6, 6.07) is 15.8. The number of rotatable bonds is 6.